The highest BCUT2D eigenvalue weighted by Gasteiger charge is 2.17. The standard InChI is InChI=1S/C13H18N4O/c1-4-14-12(13-15-6-8-17(13)3)10-5-7-16(2)11(18)9-10/h5-9,12,14H,4H2,1-3H3. The molecule has 2 heterocycles. The maximum absolute atomic E-state index is 11.7. The molecule has 0 spiro atoms. The van der Waals surface area contributed by atoms with E-state index in [-0.39, 0.29) is 11.6 Å². The third-order valence-corrected chi connectivity index (χ3v) is 2.99. The number of pyridine rings is 1. The van der Waals surface area contributed by atoms with Crippen LogP contribution in [-0.2, 0) is 14.1 Å². The molecule has 0 saturated carbocycles. The predicted molar refractivity (Wildman–Crippen MR) is 70.4 cm³/mol. The molecule has 1 N–H and O–H groups in total. The first-order valence-electron chi connectivity index (χ1n) is 6.00. The molecule has 0 aliphatic carbocycles. The Morgan fingerprint density at radius 1 is 1.33 bits per heavy atom. The zero-order valence-electron chi connectivity index (χ0n) is 10.9. The molecular weight excluding hydrogens is 228 g/mol. The summed E-state index contributed by atoms with van der Waals surface area (Å²) in [7, 11) is 3.70. The molecule has 0 amide bonds. The smallest absolute Gasteiger partial charge is 0.250 e. The maximum atomic E-state index is 11.7. The third-order valence-electron chi connectivity index (χ3n) is 2.99. The first kappa shape index (κ1) is 12.6. The van der Waals surface area contributed by atoms with Gasteiger partial charge < -0.3 is 14.5 Å². The summed E-state index contributed by atoms with van der Waals surface area (Å²) < 4.78 is 3.52. The molecule has 0 aromatic carbocycles. The van der Waals surface area contributed by atoms with E-state index < -0.39 is 0 Å². The summed E-state index contributed by atoms with van der Waals surface area (Å²) in [6.45, 7) is 2.85. The SMILES string of the molecule is CCNC(c1ccn(C)c(=O)c1)c1nccn1C. The van der Waals surface area contributed by atoms with Gasteiger partial charge in [-0.15, -0.1) is 0 Å². The number of rotatable bonds is 4. The van der Waals surface area contributed by atoms with E-state index in [1.165, 1.54) is 0 Å². The zero-order chi connectivity index (χ0) is 13.1. The molecule has 2 aromatic heterocycles. The van der Waals surface area contributed by atoms with E-state index in [0.717, 1.165) is 17.9 Å². The molecule has 0 saturated heterocycles. The van der Waals surface area contributed by atoms with Gasteiger partial charge in [-0.3, -0.25) is 4.79 Å². The van der Waals surface area contributed by atoms with E-state index >= 15 is 0 Å². The van der Waals surface area contributed by atoms with Crippen LogP contribution in [0.25, 0.3) is 0 Å². The summed E-state index contributed by atoms with van der Waals surface area (Å²) in [6.07, 6.45) is 5.45. The van der Waals surface area contributed by atoms with Gasteiger partial charge in [0.1, 0.15) is 5.82 Å². The van der Waals surface area contributed by atoms with Crippen molar-refractivity contribution in [1.29, 1.82) is 0 Å². The monoisotopic (exact) mass is 246 g/mol. The Labute approximate surface area is 106 Å². The molecule has 0 aliphatic rings. The van der Waals surface area contributed by atoms with E-state index in [9.17, 15) is 4.79 Å². The number of aryl methyl sites for hydroxylation is 2. The molecule has 96 valence electrons. The van der Waals surface area contributed by atoms with E-state index in [0.29, 0.717) is 0 Å². The average molecular weight is 246 g/mol. The predicted octanol–water partition coefficient (Wildman–Crippen LogP) is 0.818. The summed E-state index contributed by atoms with van der Waals surface area (Å²) in [5, 5.41) is 3.36. The lowest BCUT2D eigenvalue weighted by molar-refractivity contribution is 0.574. The number of hydrogen-bond acceptors (Lipinski definition) is 3. The molecule has 1 atom stereocenters. The van der Waals surface area contributed by atoms with E-state index in [2.05, 4.69) is 10.3 Å². The number of imidazole rings is 1. The molecule has 18 heavy (non-hydrogen) atoms. The van der Waals surface area contributed by atoms with Crippen LogP contribution in [0, 0.1) is 0 Å². The van der Waals surface area contributed by atoms with Gasteiger partial charge in [0, 0.05) is 38.8 Å². The van der Waals surface area contributed by atoms with Crippen molar-refractivity contribution in [3.8, 4) is 0 Å². The molecule has 0 aliphatic heterocycles. The van der Waals surface area contributed by atoms with Gasteiger partial charge >= 0.3 is 0 Å². The Morgan fingerprint density at radius 2 is 2.11 bits per heavy atom. The summed E-state index contributed by atoms with van der Waals surface area (Å²) in [5.41, 5.74) is 0.930. The van der Waals surface area contributed by atoms with Crippen molar-refractivity contribution in [3.05, 3.63) is 52.5 Å². The van der Waals surface area contributed by atoms with Gasteiger partial charge in [0.25, 0.3) is 5.56 Å². The fourth-order valence-corrected chi connectivity index (χ4v) is 1.96. The second-order valence-electron chi connectivity index (χ2n) is 4.30. The van der Waals surface area contributed by atoms with Gasteiger partial charge in [0.15, 0.2) is 0 Å². The summed E-state index contributed by atoms with van der Waals surface area (Å²) in [5.74, 6) is 0.908. The third kappa shape index (κ3) is 2.36. The summed E-state index contributed by atoms with van der Waals surface area (Å²) in [4.78, 5) is 16.1. The lowest BCUT2D eigenvalue weighted by Gasteiger charge is -2.18. The van der Waals surface area contributed by atoms with Crippen LogP contribution in [-0.4, -0.2) is 20.7 Å². The van der Waals surface area contributed by atoms with E-state index in [1.807, 2.05) is 30.8 Å². The molecule has 0 radical (unpaired) electrons. The molecule has 2 rings (SSSR count). The first-order chi connectivity index (χ1) is 8.63. The quantitative estimate of drug-likeness (QED) is 0.869. The minimum atomic E-state index is -0.0519. The lowest BCUT2D eigenvalue weighted by Crippen LogP contribution is -2.27. The molecule has 5 heteroatoms. The van der Waals surface area contributed by atoms with Gasteiger partial charge in [-0.25, -0.2) is 4.98 Å². The Morgan fingerprint density at radius 3 is 2.67 bits per heavy atom. The second-order valence-corrected chi connectivity index (χ2v) is 4.30. The van der Waals surface area contributed by atoms with Crippen LogP contribution in [0.3, 0.4) is 0 Å². The van der Waals surface area contributed by atoms with Crippen molar-refractivity contribution in [3.63, 3.8) is 0 Å². The first-order valence-corrected chi connectivity index (χ1v) is 6.00. The van der Waals surface area contributed by atoms with Crippen molar-refractivity contribution >= 4 is 0 Å². The topological polar surface area (TPSA) is 51.9 Å². The Hall–Kier alpha value is -1.88. The fourth-order valence-electron chi connectivity index (χ4n) is 1.96. The Kier molecular flexibility index (Phi) is 3.62. The highest BCUT2D eigenvalue weighted by molar-refractivity contribution is 5.23. The molecular formula is C13H18N4O. The van der Waals surface area contributed by atoms with Crippen LogP contribution in [0.1, 0.15) is 24.4 Å². The van der Waals surface area contributed by atoms with Crippen molar-refractivity contribution < 1.29 is 0 Å². The lowest BCUT2D eigenvalue weighted by atomic mass is 10.1. The number of hydrogen-bond donors (Lipinski definition) is 1. The zero-order valence-corrected chi connectivity index (χ0v) is 10.9. The molecule has 1 unspecified atom stereocenters. The fraction of sp³-hybridized carbons (Fsp3) is 0.385. The van der Waals surface area contributed by atoms with Crippen LogP contribution in [0.15, 0.2) is 35.5 Å². The van der Waals surface area contributed by atoms with Crippen LogP contribution in [0.2, 0.25) is 0 Å². The van der Waals surface area contributed by atoms with Gasteiger partial charge in [0.2, 0.25) is 0 Å². The van der Waals surface area contributed by atoms with Crippen LogP contribution < -0.4 is 10.9 Å². The van der Waals surface area contributed by atoms with E-state index in [4.69, 9.17) is 0 Å². The molecule has 5 nitrogen and oxygen atoms in total. The largest absolute Gasteiger partial charge is 0.336 e. The summed E-state index contributed by atoms with van der Waals surface area (Å²) >= 11 is 0. The Bertz CT molecular complexity index is 585. The van der Waals surface area contributed by atoms with Gasteiger partial charge in [-0.1, -0.05) is 6.92 Å². The average Bonchev–Trinajstić information content (AvgIpc) is 2.76. The van der Waals surface area contributed by atoms with Crippen molar-refractivity contribution in [2.75, 3.05) is 6.54 Å². The second kappa shape index (κ2) is 5.18. The van der Waals surface area contributed by atoms with Gasteiger partial charge in [-0.05, 0) is 18.2 Å². The van der Waals surface area contributed by atoms with Crippen LogP contribution in [0.4, 0.5) is 0 Å². The highest BCUT2D eigenvalue weighted by atomic mass is 16.1. The van der Waals surface area contributed by atoms with Crippen LogP contribution in [0.5, 0.6) is 0 Å². The van der Waals surface area contributed by atoms with E-state index in [1.54, 1.807) is 30.1 Å². The minimum Gasteiger partial charge on any atom is -0.336 e. The normalized spacial score (nSPS) is 12.6. The maximum Gasteiger partial charge on any atom is 0.250 e. The number of aromatic nitrogens is 3. The Balaban J connectivity index is 2.44. The van der Waals surface area contributed by atoms with Crippen molar-refractivity contribution in [2.24, 2.45) is 14.1 Å². The van der Waals surface area contributed by atoms with Crippen LogP contribution >= 0.6 is 0 Å². The number of nitrogens with one attached hydrogen (secondary N) is 1. The minimum absolute atomic E-state index is 0.00962. The van der Waals surface area contributed by atoms with Gasteiger partial charge in [-0.2, -0.15) is 0 Å². The van der Waals surface area contributed by atoms with Crippen molar-refractivity contribution in [1.82, 2.24) is 19.4 Å². The number of nitrogens with zero attached hydrogens (tertiary/aromatic N) is 3. The van der Waals surface area contributed by atoms with Crippen molar-refractivity contribution in [2.45, 2.75) is 13.0 Å². The summed E-state index contributed by atoms with van der Waals surface area (Å²) in [6, 6.07) is 3.55. The molecule has 0 bridgehead atoms. The molecule has 2 aromatic rings. The molecule has 0 fully saturated rings. The van der Waals surface area contributed by atoms with Gasteiger partial charge in [0.05, 0.1) is 6.04 Å². The highest BCUT2D eigenvalue weighted by Crippen LogP contribution is 2.18.